The predicted molar refractivity (Wildman–Crippen MR) is 142 cm³/mol. The molecule has 0 saturated heterocycles. The lowest BCUT2D eigenvalue weighted by molar-refractivity contribution is 0.244. The number of nitrogens with one attached hydrogen (secondary N) is 1. The number of urea groups is 1. The van der Waals surface area contributed by atoms with Crippen molar-refractivity contribution in [2.24, 2.45) is 0 Å². The lowest BCUT2D eigenvalue weighted by Crippen LogP contribution is -2.46. The van der Waals surface area contributed by atoms with Gasteiger partial charge in [0.2, 0.25) is 5.82 Å². The van der Waals surface area contributed by atoms with Gasteiger partial charge in [-0.15, -0.1) is 0 Å². The van der Waals surface area contributed by atoms with E-state index < -0.39 is 6.04 Å². The van der Waals surface area contributed by atoms with Crippen molar-refractivity contribution in [1.82, 2.24) is 15.5 Å². The standard InChI is InChI=1S/C29H28N4O4/c1-17-9-11-20(12-10-17)26-25(28-31-27(32-37-28)21-8-6-7-18(2)15-21)19(3)33(29(34)30-26)22-13-14-23(35-4)24(16-22)36-5/h6-16,26H,1-5H3,(H,30,34). The molecule has 3 aromatic carbocycles. The molecule has 1 aliphatic rings. The third kappa shape index (κ3) is 4.53. The van der Waals surface area contributed by atoms with E-state index in [1.807, 2.05) is 69.3 Å². The highest BCUT2D eigenvalue weighted by atomic mass is 16.5. The Hall–Kier alpha value is -4.59. The summed E-state index contributed by atoms with van der Waals surface area (Å²) >= 11 is 0. The average Bonchev–Trinajstić information content (AvgIpc) is 3.38. The maximum Gasteiger partial charge on any atom is 0.327 e. The molecule has 1 atom stereocenters. The first-order valence-corrected chi connectivity index (χ1v) is 11.9. The number of aryl methyl sites for hydroxylation is 2. The van der Waals surface area contributed by atoms with E-state index in [9.17, 15) is 4.79 Å². The van der Waals surface area contributed by atoms with Gasteiger partial charge in [-0.3, -0.25) is 4.90 Å². The van der Waals surface area contributed by atoms with E-state index in [1.54, 1.807) is 37.3 Å². The van der Waals surface area contributed by atoms with Gasteiger partial charge in [-0.1, -0.05) is 58.7 Å². The number of allylic oxidation sites excluding steroid dienone is 1. The second-order valence-electron chi connectivity index (χ2n) is 8.96. The number of amides is 2. The van der Waals surface area contributed by atoms with Gasteiger partial charge in [0.25, 0.3) is 5.89 Å². The molecule has 1 aliphatic heterocycles. The first kappa shape index (κ1) is 24.1. The minimum atomic E-state index is -0.477. The number of carbonyl (C=O) groups excluding carboxylic acids is 1. The van der Waals surface area contributed by atoms with E-state index in [0.29, 0.717) is 40.2 Å². The quantitative estimate of drug-likeness (QED) is 0.348. The highest BCUT2D eigenvalue weighted by Crippen LogP contribution is 2.41. The van der Waals surface area contributed by atoms with Crippen LogP contribution in [-0.4, -0.2) is 30.4 Å². The molecule has 0 saturated carbocycles. The van der Waals surface area contributed by atoms with Crippen LogP contribution in [-0.2, 0) is 0 Å². The summed E-state index contributed by atoms with van der Waals surface area (Å²) in [5.74, 6) is 1.91. The van der Waals surface area contributed by atoms with Crippen molar-refractivity contribution in [3.8, 4) is 22.9 Å². The highest BCUT2D eigenvalue weighted by Gasteiger charge is 2.36. The first-order chi connectivity index (χ1) is 17.9. The van der Waals surface area contributed by atoms with Crippen molar-refractivity contribution in [2.75, 3.05) is 19.1 Å². The van der Waals surface area contributed by atoms with Gasteiger partial charge in [-0.25, -0.2) is 4.79 Å². The van der Waals surface area contributed by atoms with Gasteiger partial charge in [-0.05, 0) is 44.5 Å². The van der Waals surface area contributed by atoms with Crippen molar-refractivity contribution >= 4 is 17.3 Å². The number of methoxy groups -OCH3 is 2. The summed E-state index contributed by atoms with van der Waals surface area (Å²) in [6.07, 6.45) is 0. The molecule has 2 heterocycles. The number of anilines is 1. The number of nitrogens with zero attached hydrogens (tertiary/aromatic N) is 3. The average molecular weight is 497 g/mol. The minimum Gasteiger partial charge on any atom is -0.493 e. The predicted octanol–water partition coefficient (Wildman–Crippen LogP) is 6.07. The molecule has 0 spiro atoms. The van der Waals surface area contributed by atoms with Crippen molar-refractivity contribution in [3.05, 3.63) is 95.0 Å². The number of ether oxygens (including phenoxy) is 2. The number of aromatic nitrogens is 2. The topological polar surface area (TPSA) is 89.7 Å². The Labute approximate surface area is 215 Å². The van der Waals surface area contributed by atoms with Crippen molar-refractivity contribution in [2.45, 2.75) is 26.8 Å². The SMILES string of the molecule is COc1ccc(N2C(=O)NC(c3ccc(C)cc3)C(c3nc(-c4cccc(C)c4)no3)=C2C)cc1OC. The van der Waals surface area contributed by atoms with E-state index in [-0.39, 0.29) is 6.03 Å². The molecule has 5 rings (SSSR count). The van der Waals surface area contributed by atoms with E-state index in [0.717, 1.165) is 22.3 Å². The summed E-state index contributed by atoms with van der Waals surface area (Å²) in [5, 5.41) is 7.39. The van der Waals surface area contributed by atoms with Gasteiger partial charge in [-0.2, -0.15) is 4.98 Å². The van der Waals surface area contributed by atoms with Gasteiger partial charge in [0, 0.05) is 17.3 Å². The summed E-state index contributed by atoms with van der Waals surface area (Å²) in [6, 6.07) is 20.5. The zero-order valence-corrected chi connectivity index (χ0v) is 21.4. The summed E-state index contributed by atoms with van der Waals surface area (Å²) in [6.45, 7) is 5.92. The second-order valence-corrected chi connectivity index (χ2v) is 8.96. The lowest BCUT2D eigenvalue weighted by atomic mass is 9.94. The Morgan fingerprint density at radius 3 is 2.35 bits per heavy atom. The summed E-state index contributed by atoms with van der Waals surface area (Å²) < 4.78 is 16.6. The smallest absolute Gasteiger partial charge is 0.327 e. The number of rotatable bonds is 6. The van der Waals surface area contributed by atoms with Crippen molar-refractivity contribution in [3.63, 3.8) is 0 Å². The fourth-order valence-electron chi connectivity index (χ4n) is 4.54. The molecule has 2 amide bonds. The number of hydrogen-bond acceptors (Lipinski definition) is 6. The van der Waals surface area contributed by atoms with Crippen LogP contribution in [0.2, 0.25) is 0 Å². The van der Waals surface area contributed by atoms with Crippen LogP contribution in [0.25, 0.3) is 17.0 Å². The third-order valence-electron chi connectivity index (χ3n) is 6.45. The van der Waals surface area contributed by atoms with Crippen LogP contribution in [0.3, 0.4) is 0 Å². The van der Waals surface area contributed by atoms with Crippen LogP contribution in [0.4, 0.5) is 10.5 Å². The van der Waals surface area contributed by atoms with Crippen LogP contribution in [0, 0.1) is 13.8 Å². The Morgan fingerprint density at radius 2 is 1.65 bits per heavy atom. The van der Waals surface area contributed by atoms with Crippen LogP contribution in [0.15, 0.2) is 77.0 Å². The Balaban J connectivity index is 1.66. The second kappa shape index (κ2) is 9.81. The molecule has 0 radical (unpaired) electrons. The van der Waals surface area contributed by atoms with Gasteiger partial charge in [0.05, 0.1) is 31.5 Å². The zero-order valence-electron chi connectivity index (χ0n) is 21.4. The molecule has 8 heteroatoms. The lowest BCUT2D eigenvalue weighted by Gasteiger charge is -2.35. The van der Waals surface area contributed by atoms with E-state index in [4.69, 9.17) is 19.0 Å². The van der Waals surface area contributed by atoms with Gasteiger partial charge in [0.1, 0.15) is 0 Å². The number of benzene rings is 3. The molecule has 0 bridgehead atoms. The largest absolute Gasteiger partial charge is 0.493 e. The Bertz CT molecular complexity index is 1490. The summed E-state index contributed by atoms with van der Waals surface area (Å²) in [5.41, 5.74) is 5.99. The van der Waals surface area contributed by atoms with Gasteiger partial charge in [0.15, 0.2) is 11.5 Å². The van der Waals surface area contributed by atoms with E-state index in [2.05, 4.69) is 10.5 Å². The molecule has 4 aromatic rings. The molecule has 1 N–H and O–H groups in total. The van der Waals surface area contributed by atoms with E-state index in [1.165, 1.54) is 0 Å². The molecule has 188 valence electrons. The fraction of sp³-hybridized carbons (Fsp3) is 0.207. The normalized spacial score (nSPS) is 15.5. The Morgan fingerprint density at radius 1 is 0.892 bits per heavy atom. The summed E-state index contributed by atoms with van der Waals surface area (Å²) in [4.78, 5) is 19.8. The molecule has 1 unspecified atom stereocenters. The Kier molecular flexibility index (Phi) is 6.40. The van der Waals surface area contributed by atoms with Crippen molar-refractivity contribution < 1.29 is 18.8 Å². The van der Waals surface area contributed by atoms with Crippen LogP contribution >= 0.6 is 0 Å². The van der Waals surface area contributed by atoms with Crippen LogP contribution in [0.1, 0.15) is 35.5 Å². The van der Waals surface area contributed by atoms with Gasteiger partial charge >= 0.3 is 6.03 Å². The van der Waals surface area contributed by atoms with E-state index >= 15 is 0 Å². The summed E-state index contributed by atoms with van der Waals surface area (Å²) in [7, 11) is 3.13. The number of hydrogen-bond donors (Lipinski definition) is 1. The fourth-order valence-corrected chi connectivity index (χ4v) is 4.54. The highest BCUT2D eigenvalue weighted by molar-refractivity contribution is 6.01. The van der Waals surface area contributed by atoms with Crippen LogP contribution < -0.4 is 19.7 Å². The maximum atomic E-state index is 13.5. The van der Waals surface area contributed by atoms with Crippen molar-refractivity contribution in [1.29, 1.82) is 0 Å². The minimum absolute atomic E-state index is 0.280. The molecule has 37 heavy (non-hydrogen) atoms. The molecule has 0 fully saturated rings. The monoisotopic (exact) mass is 496 g/mol. The first-order valence-electron chi connectivity index (χ1n) is 11.9. The third-order valence-corrected chi connectivity index (χ3v) is 6.45. The molecule has 8 nitrogen and oxygen atoms in total. The van der Waals surface area contributed by atoms with Gasteiger partial charge < -0.3 is 19.3 Å². The molecule has 1 aromatic heterocycles. The molecular formula is C29H28N4O4. The molecular weight excluding hydrogens is 468 g/mol. The zero-order chi connectivity index (χ0) is 26.1. The molecule has 0 aliphatic carbocycles. The number of carbonyl (C=O) groups is 1. The van der Waals surface area contributed by atoms with Crippen LogP contribution in [0.5, 0.6) is 11.5 Å². The maximum absolute atomic E-state index is 13.5.